The van der Waals surface area contributed by atoms with Crippen LogP contribution in [0.25, 0.3) is 0 Å². The van der Waals surface area contributed by atoms with Crippen LogP contribution in [0.1, 0.15) is 0 Å². The van der Waals surface area contributed by atoms with Crippen molar-refractivity contribution in [3.63, 3.8) is 0 Å². The van der Waals surface area contributed by atoms with Crippen molar-refractivity contribution >= 4 is 0 Å². The van der Waals surface area contributed by atoms with Crippen LogP contribution in [0.2, 0.25) is 0 Å². The van der Waals surface area contributed by atoms with Gasteiger partial charge in [0, 0.05) is 0 Å². The Labute approximate surface area is 86.5 Å². The Balaban J connectivity index is 2.62. The first kappa shape index (κ1) is 12.8. The van der Waals surface area contributed by atoms with Gasteiger partial charge in [0.05, 0.1) is 19.8 Å². The molecule has 0 aromatic rings. The highest BCUT2D eigenvalue weighted by atomic mass is 16.6. The number of hydrogen-bond donors (Lipinski definition) is 5. The number of rotatable bonds is 4. The van der Waals surface area contributed by atoms with Gasteiger partial charge in [-0.1, -0.05) is 0 Å². The Hall–Kier alpha value is -0.280. The van der Waals surface area contributed by atoms with Crippen LogP contribution >= 0.6 is 0 Å². The molecule has 15 heavy (non-hydrogen) atoms. The zero-order chi connectivity index (χ0) is 11.4. The fourth-order valence-corrected chi connectivity index (χ4v) is 1.45. The second-order valence-electron chi connectivity index (χ2n) is 3.29. The molecule has 5 N–H and O–H groups in total. The Morgan fingerprint density at radius 3 is 2.27 bits per heavy atom. The molecule has 5 atom stereocenters. The Kier molecular flexibility index (Phi) is 4.87. The van der Waals surface area contributed by atoms with Gasteiger partial charge in [0.1, 0.15) is 24.4 Å². The van der Waals surface area contributed by atoms with E-state index in [0.29, 0.717) is 0 Å². The van der Waals surface area contributed by atoms with E-state index < -0.39 is 37.3 Å². The molecule has 0 amide bonds. The van der Waals surface area contributed by atoms with Gasteiger partial charge in [-0.25, -0.2) is 0 Å². The van der Waals surface area contributed by atoms with Gasteiger partial charge in [-0.05, 0) is 0 Å². The van der Waals surface area contributed by atoms with E-state index in [0.717, 1.165) is 0 Å². The summed E-state index contributed by atoms with van der Waals surface area (Å²) in [5, 5.41) is 45.6. The van der Waals surface area contributed by atoms with E-state index >= 15 is 0 Å². The van der Waals surface area contributed by atoms with Crippen LogP contribution in [-0.4, -0.2) is 76.1 Å². The van der Waals surface area contributed by atoms with Crippen molar-refractivity contribution in [2.75, 3.05) is 19.8 Å². The molecule has 0 saturated carbocycles. The number of aliphatic hydroxyl groups excluding tert-OH is 5. The minimum absolute atomic E-state index is 0.0797. The molecule has 0 aromatic carbocycles. The summed E-state index contributed by atoms with van der Waals surface area (Å²) in [6, 6.07) is 0. The van der Waals surface area contributed by atoms with Gasteiger partial charge in [-0.3, -0.25) is 0 Å². The van der Waals surface area contributed by atoms with Crippen molar-refractivity contribution in [3.05, 3.63) is 0 Å². The van der Waals surface area contributed by atoms with Gasteiger partial charge in [0.25, 0.3) is 0 Å². The average molecular weight is 224 g/mol. The molecule has 1 saturated heterocycles. The van der Waals surface area contributed by atoms with Crippen LogP contribution in [0, 0.1) is 0 Å². The standard InChI is InChI=1S/C8H16O7/c9-1-2-14-7-5(11)4(3-10)15-8(13)6(7)12/h4-13H,1-3H2/t4-,5-,6-,7+,8-/m1/s1. The van der Waals surface area contributed by atoms with Crippen LogP contribution < -0.4 is 0 Å². The number of ether oxygens (including phenoxy) is 2. The van der Waals surface area contributed by atoms with Gasteiger partial charge in [-0.2, -0.15) is 0 Å². The van der Waals surface area contributed by atoms with Crippen molar-refractivity contribution in [3.8, 4) is 0 Å². The lowest BCUT2D eigenvalue weighted by Gasteiger charge is -2.39. The molecule has 1 heterocycles. The van der Waals surface area contributed by atoms with Crippen LogP contribution in [0.3, 0.4) is 0 Å². The normalized spacial score (nSPS) is 41.8. The lowest BCUT2D eigenvalue weighted by molar-refractivity contribution is -0.294. The Bertz CT molecular complexity index is 188. The van der Waals surface area contributed by atoms with Crippen molar-refractivity contribution in [1.29, 1.82) is 0 Å². The topological polar surface area (TPSA) is 120 Å². The Morgan fingerprint density at radius 2 is 1.73 bits per heavy atom. The maximum atomic E-state index is 9.58. The summed E-state index contributed by atoms with van der Waals surface area (Å²) in [4.78, 5) is 0. The van der Waals surface area contributed by atoms with Crippen LogP contribution in [0.15, 0.2) is 0 Å². The molecule has 0 aromatic heterocycles. The van der Waals surface area contributed by atoms with Gasteiger partial charge in [-0.15, -0.1) is 0 Å². The van der Waals surface area contributed by atoms with Crippen molar-refractivity contribution < 1.29 is 35.0 Å². The Morgan fingerprint density at radius 1 is 1.07 bits per heavy atom. The molecule has 1 aliphatic heterocycles. The molecule has 0 bridgehead atoms. The highest BCUT2D eigenvalue weighted by molar-refractivity contribution is 4.89. The quantitative estimate of drug-likeness (QED) is 0.341. The second-order valence-corrected chi connectivity index (χ2v) is 3.29. The number of aliphatic hydroxyl groups is 5. The summed E-state index contributed by atoms with van der Waals surface area (Å²) in [6.07, 6.45) is -6.27. The molecule has 0 aliphatic carbocycles. The second kappa shape index (κ2) is 5.71. The molecular formula is C8H16O7. The van der Waals surface area contributed by atoms with E-state index in [-0.39, 0.29) is 13.2 Å². The van der Waals surface area contributed by atoms with E-state index in [4.69, 9.17) is 19.7 Å². The molecular weight excluding hydrogens is 208 g/mol. The molecule has 0 unspecified atom stereocenters. The van der Waals surface area contributed by atoms with E-state index in [2.05, 4.69) is 0 Å². The summed E-state index contributed by atoms with van der Waals surface area (Å²) in [6.45, 7) is -0.843. The molecule has 1 fully saturated rings. The summed E-state index contributed by atoms with van der Waals surface area (Å²) < 4.78 is 9.69. The minimum atomic E-state index is -1.52. The molecule has 7 heteroatoms. The van der Waals surface area contributed by atoms with Crippen LogP contribution in [-0.2, 0) is 9.47 Å². The van der Waals surface area contributed by atoms with E-state index in [9.17, 15) is 15.3 Å². The fourth-order valence-electron chi connectivity index (χ4n) is 1.45. The van der Waals surface area contributed by atoms with Crippen molar-refractivity contribution in [1.82, 2.24) is 0 Å². The molecule has 7 nitrogen and oxygen atoms in total. The highest BCUT2D eigenvalue weighted by Gasteiger charge is 2.44. The maximum absolute atomic E-state index is 9.58. The first-order valence-corrected chi connectivity index (χ1v) is 4.64. The highest BCUT2D eigenvalue weighted by Crippen LogP contribution is 2.21. The summed E-state index contributed by atoms with van der Waals surface area (Å²) in [5.41, 5.74) is 0. The average Bonchev–Trinajstić information content (AvgIpc) is 2.23. The smallest absolute Gasteiger partial charge is 0.184 e. The summed E-state index contributed by atoms with van der Waals surface area (Å²) >= 11 is 0. The van der Waals surface area contributed by atoms with Gasteiger partial charge < -0.3 is 35.0 Å². The molecule has 0 radical (unpaired) electrons. The third-order valence-corrected chi connectivity index (χ3v) is 2.24. The third-order valence-electron chi connectivity index (χ3n) is 2.24. The predicted molar refractivity (Wildman–Crippen MR) is 46.8 cm³/mol. The zero-order valence-electron chi connectivity index (χ0n) is 8.06. The van der Waals surface area contributed by atoms with Crippen LogP contribution in [0.4, 0.5) is 0 Å². The molecule has 90 valence electrons. The summed E-state index contributed by atoms with van der Waals surface area (Å²) in [5.74, 6) is 0. The third kappa shape index (κ3) is 2.85. The molecule has 1 rings (SSSR count). The zero-order valence-corrected chi connectivity index (χ0v) is 8.06. The number of hydrogen-bond acceptors (Lipinski definition) is 7. The van der Waals surface area contributed by atoms with Crippen molar-refractivity contribution in [2.24, 2.45) is 0 Å². The molecule has 1 aliphatic rings. The van der Waals surface area contributed by atoms with Gasteiger partial charge >= 0.3 is 0 Å². The van der Waals surface area contributed by atoms with Gasteiger partial charge in [0.15, 0.2) is 6.29 Å². The summed E-state index contributed by atoms with van der Waals surface area (Å²) in [7, 11) is 0. The lowest BCUT2D eigenvalue weighted by atomic mass is 9.99. The van der Waals surface area contributed by atoms with Crippen molar-refractivity contribution in [2.45, 2.75) is 30.7 Å². The predicted octanol–water partition coefficient (Wildman–Crippen LogP) is -3.20. The monoisotopic (exact) mass is 224 g/mol. The maximum Gasteiger partial charge on any atom is 0.184 e. The largest absolute Gasteiger partial charge is 0.394 e. The van der Waals surface area contributed by atoms with Crippen LogP contribution in [0.5, 0.6) is 0 Å². The SMILES string of the molecule is OCCO[C@@H]1[C@@H](O)[C@H](O)O[C@H](CO)[C@H]1O. The van der Waals surface area contributed by atoms with E-state index in [1.165, 1.54) is 0 Å². The minimum Gasteiger partial charge on any atom is -0.394 e. The molecule has 0 spiro atoms. The first-order chi connectivity index (χ1) is 7.11. The lowest BCUT2D eigenvalue weighted by Crippen LogP contribution is -2.59. The van der Waals surface area contributed by atoms with E-state index in [1.807, 2.05) is 0 Å². The first-order valence-electron chi connectivity index (χ1n) is 4.64. The fraction of sp³-hybridized carbons (Fsp3) is 1.00. The van der Waals surface area contributed by atoms with Gasteiger partial charge in [0.2, 0.25) is 0 Å². The van der Waals surface area contributed by atoms with E-state index in [1.54, 1.807) is 0 Å².